The van der Waals surface area contributed by atoms with Gasteiger partial charge < -0.3 is 14.6 Å². The van der Waals surface area contributed by atoms with Gasteiger partial charge in [-0.15, -0.1) is 0 Å². The zero-order chi connectivity index (χ0) is 22.0. The average Bonchev–Trinajstić information content (AvgIpc) is 2.85. The first kappa shape index (κ1) is 21.3. The Bertz CT molecular complexity index is 1130. The van der Waals surface area contributed by atoms with E-state index in [1.165, 1.54) is 0 Å². The quantitative estimate of drug-likeness (QED) is 0.322. The maximum absolute atomic E-state index is 10.3. The van der Waals surface area contributed by atoms with E-state index in [0.29, 0.717) is 25.4 Å². The molecule has 1 N–H and O–H groups in total. The van der Waals surface area contributed by atoms with Crippen LogP contribution in [0.1, 0.15) is 22.3 Å². The van der Waals surface area contributed by atoms with Crippen molar-refractivity contribution in [3.8, 4) is 17.2 Å². The molecule has 0 bridgehead atoms. The maximum atomic E-state index is 10.3. The summed E-state index contributed by atoms with van der Waals surface area (Å²) in [5.74, 6) is 1.74. The van der Waals surface area contributed by atoms with Crippen molar-refractivity contribution >= 4 is 6.08 Å². The number of rotatable bonds is 9. The van der Waals surface area contributed by atoms with Gasteiger partial charge in [-0.05, 0) is 46.9 Å². The number of allylic oxidation sites excluding steroid dienone is 1. The predicted octanol–water partition coefficient (Wildman–Crippen LogP) is 6.81. The van der Waals surface area contributed by atoms with Crippen molar-refractivity contribution in [3.05, 3.63) is 131 Å². The van der Waals surface area contributed by atoms with Crippen LogP contribution in [0.2, 0.25) is 0 Å². The van der Waals surface area contributed by atoms with Crippen molar-refractivity contribution in [2.75, 3.05) is 0 Å². The van der Waals surface area contributed by atoms with Crippen molar-refractivity contribution in [1.29, 1.82) is 0 Å². The summed E-state index contributed by atoms with van der Waals surface area (Å²) in [4.78, 5) is 0. The Kier molecular flexibility index (Phi) is 7.22. The number of benzene rings is 4. The van der Waals surface area contributed by atoms with E-state index in [0.717, 1.165) is 28.0 Å². The van der Waals surface area contributed by atoms with Crippen LogP contribution in [0.25, 0.3) is 6.08 Å². The van der Waals surface area contributed by atoms with Crippen LogP contribution in [0.4, 0.5) is 0 Å². The first-order valence-corrected chi connectivity index (χ1v) is 10.7. The molecule has 0 aliphatic heterocycles. The Labute approximate surface area is 189 Å². The van der Waals surface area contributed by atoms with Crippen LogP contribution in [-0.2, 0) is 19.6 Å². The number of phenolic OH excluding ortho intramolecular Hbond substituents is 1. The Morgan fingerprint density at radius 3 is 1.78 bits per heavy atom. The van der Waals surface area contributed by atoms with Gasteiger partial charge in [0.25, 0.3) is 0 Å². The lowest BCUT2D eigenvalue weighted by atomic mass is 10.1. The van der Waals surface area contributed by atoms with Crippen molar-refractivity contribution in [2.45, 2.75) is 19.6 Å². The highest BCUT2D eigenvalue weighted by atomic mass is 16.5. The minimum atomic E-state index is 0.241. The van der Waals surface area contributed by atoms with Crippen LogP contribution >= 0.6 is 0 Å². The zero-order valence-corrected chi connectivity index (χ0v) is 17.9. The third-order valence-corrected chi connectivity index (χ3v) is 5.08. The van der Waals surface area contributed by atoms with E-state index in [4.69, 9.17) is 9.47 Å². The average molecular weight is 423 g/mol. The summed E-state index contributed by atoms with van der Waals surface area (Å²) in [5.41, 5.74) is 4.18. The summed E-state index contributed by atoms with van der Waals surface area (Å²) in [5, 5.41) is 10.3. The Balaban J connectivity index is 1.27. The second kappa shape index (κ2) is 10.9. The standard InChI is InChI=1S/C29H26O3/c30-29-20-28(32-22-25-10-5-2-6-11-25)19-16-26(29)13-7-12-23-14-17-27(18-15-23)31-21-24-8-3-1-4-9-24/h1-12,14-20,30H,13,21-22H2. The number of hydrogen-bond donors (Lipinski definition) is 1. The van der Waals surface area contributed by atoms with Gasteiger partial charge in [-0.3, -0.25) is 0 Å². The molecule has 0 saturated heterocycles. The van der Waals surface area contributed by atoms with E-state index in [1.54, 1.807) is 6.07 Å². The minimum absolute atomic E-state index is 0.241. The second-order valence-corrected chi connectivity index (χ2v) is 7.51. The fourth-order valence-electron chi connectivity index (χ4n) is 3.28. The van der Waals surface area contributed by atoms with E-state index in [1.807, 2.05) is 97.1 Å². The predicted molar refractivity (Wildman–Crippen MR) is 129 cm³/mol. The molecule has 4 aromatic carbocycles. The molecular formula is C29H26O3. The monoisotopic (exact) mass is 422 g/mol. The number of phenols is 1. The number of ether oxygens (including phenoxy) is 2. The third-order valence-electron chi connectivity index (χ3n) is 5.08. The summed E-state index contributed by atoms with van der Waals surface area (Å²) < 4.78 is 11.6. The third kappa shape index (κ3) is 6.26. The topological polar surface area (TPSA) is 38.7 Å². The Morgan fingerprint density at radius 2 is 1.19 bits per heavy atom. The molecule has 32 heavy (non-hydrogen) atoms. The van der Waals surface area contributed by atoms with Gasteiger partial charge in [0.1, 0.15) is 30.5 Å². The molecule has 0 aliphatic carbocycles. The fraction of sp³-hybridized carbons (Fsp3) is 0.103. The molecule has 160 valence electrons. The van der Waals surface area contributed by atoms with Crippen LogP contribution in [0.5, 0.6) is 17.2 Å². The molecule has 0 amide bonds. The van der Waals surface area contributed by atoms with E-state index < -0.39 is 0 Å². The number of hydrogen-bond acceptors (Lipinski definition) is 3. The van der Waals surface area contributed by atoms with Gasteiger partial charge in [0, 0.05) is 6.07 Å². The maximum Gasteiger partial charge on any atom is 0.123 e. The molecule has 0 fully saturated rings. The molecular weight excluding hydrogens is 396 g/mol. The molecule has 0 unspecified atom stereocenters. The van der Waals surface area contributed by atoms with Gasteiger partial charge in [0.15, 0.2) is 0 Å². The lowest BCUT2D eigenvalue weighted by molar-refractivity contribution is 0.304. The van der Waals surface area contributed by atoms with Gasteiger partial charge in [-0.2, -0.15) is 0 Å². The van der Waals surface area contributed by atoms with Gasteiger partial charge in [0.2, 0.25) is 0 Å². The summed E-state index contributed by atoms with van der Waals surface area (Å²) in [6, 6.07) is 33.6. The minimum Gasteiger partial charge on any atom is -0.508 e. The Morgan fingerprint density at radius 1 is 0.625 bits per heavy atom. The molecule has 4 rings (SSSR count). The number of aromatic hydroxyl groups is 1. The van der Waals surface area contributed by atoms with Gasteiger partial charge in [-0.25, -0.2) is 0 Å². The van der Waals surface area contributed by atoms with Crippen molar-refractivity contribution in [3.63, 3.8) is 0 Å². The lowest BCUT2D eigenvalue weighted by Gasteiger charge is -2.09. The fourth-order valence-corrected chi connectivity index (χ4v) is 3.28. The molecule has 0 heterocycles. The van der Waals surface area contributed by atoms with Crippen LogP contribution < -0.4 is 9.47 Å². The van der Waals surface area contributed by atoms with E-state index in [9.17, 15) is 5.11 Å². The van der Waals surface area contributed by atoms with Crippen LogP contribution in [0, 0.1) is 0 Å². The van der Waals surface area contributed by atoms with Gasteiger partial charge in [0.05, 0.1) is 0 Å². The van der Waals surface area contributed by atoms with Gasteiger partial charge in [-0.1, -0.05) is 91.0 Å². The summed E-state index contributed by atoms with van der Waals surface area (Å²) in [6.45, 7) is 1.03. The molecule has 4 aromatic rings. The van der Waals surface area contributed by atoms with Gasteiger partial charge >= 0.3 is 0 Å². The smallest absolute Gasteiger partial charge is 0.123 e. The highest BCUT2D eigenvalue weighted by molar-refractivity contribution is 5.52. The molecule has 0 aromatic heterocycles. The Hall–Kier alpha value is -3.98. The van der Waals surface area contributed by atoms with E-state index >= 15 is 0 Å². The molecule has 3 heteroatoms. The van der Waals surface area contributed by atoms with Crippen LogP contribution in [0.3, 0.4) is 0 Å². The molecule has 0 aliphatic rings. The van der Waals surface area contributed by atoms with Crippen molar-refractivity contribution in [2.24, 2.45) is 0 Å². The molecule has 0 spiro atoms. The van der Waals surface area contributed by atoms with Crippen LogP contribution in [0.15, 0.2) is 109 Å². The molecule has 3 nitrogen and oxygen atoms in total. The van der Waals surface area contributed by atoms with E-state index in [-0.39, 0.29) is 5.75 Å². The largest absolute Gasteiger partial charge is 0.508 e. The van der Waals surface area contributed by atoms with Crippen molar-refractivity contribution < 1.29 is 14.6 Å². The lowest BCUT2D eigenvalue weighted by Crippen LogP contribution is -1.95. The normalized spacial score (nSPS) is 10.9. The highest BCUT2D eigenvalue weighted by Crippen LogP contribution is 2.25. The summed E-state index contributed by atoms with van der Waals surface area (Å²) in [7, 11) is 0. The highest BCUT2D eigenvalue weighted by Gasteiger charge is 2.03. The second-order valence-electron chi connectivity index (χ2n) is 7.51. The molecule has 0 radical (unpaired) electrons. The van der Waals surface area contributed by atoms with Crippen LogP contribution in [-0.4, -0.2) is 5.11 Å². The first-order chi connectivity index (χ1) is 15.8. The molecule has 0 saturated carbocycles. The summed E-state index contributed by atoms with van der Waals surface area (Å²) in [6.07, 6.45) is 4.72. The first-order valence-electron chi connectivity index (χ1n) is 10.7. The van der Waals surface area contributed by atoms with Crippen molar-refractivity contribution in [1.82, 2.24) is 0 Å². The zero-order valence-electron chi connectivity index (χ0n) is 17.9. The SMILES string of the molecule is Oc1cc(OCc2ccccc2)ccc1CC=Cc1ccc(OCc2ccccc2)cc1. The molecule has 0 atom stereocenters. The summed E-state index contributed by atoms with van der Waals surface area (Å²) >= 11 is 0. The van der Waals surface area contributed by atoms with E-state index in [2.05, 4.69) is 12.1 Å².